The van der Waals surface area contributed by atoms with Crippen molar-refractivity contribution in [3.05, 3.63) is 35.4 Å². The molecule has 1 N–H and O–H groups in total. The standard InChI is InChI=1S/C13H17NO/c1-9-4-3-5-11(8-9)12-6-7-14-13(15)10(12)2/h3-5,8,10,12H,6-7H2,1-2H3,(H,14,15). The van der Waals surface area contributed by atoms with Gasteiger partial charge in [-0.05, 0) is 24.8 Å². The number of carbonyl (C=O) groups is 1. The zero-order valence-electron chi connectivity index (χ0n) is 9.29. The minimum Gasteiger partial charge on any atom is -0.356 e. The van der Waals surface area contributed by atoms with Gasteiger partial charge in [0.15, 0.2) is 0 Å². The number of amides is 1. The summed E-state index contributed by atoms with van der Waals surface area (Å²) in [7, 11) is 0. The number of carbonyl (C=O) groups excluding carboxylic acids is 1. The lowest BCUT2D eigenvalue weighted by Crippen LogP contribution is -2.39. The second-order valence-corrected chi connectivity index (χ2v) is 4.39. The highest BCUT2D eigenvalue weighted by Crippen LogP contribution is 2.30. The van der Waals surface area contributed by atoms with Crippen molar-refractivity contribution in [2.75, 3.05) is 6.54 Å². The molecule has 0 bridgehead atoms. The van der Waals surface area contributed by atoms with Gasteiger partial charge in [0.2, 0.25) is 5.91 Å². The molecule has 0 aliphatic carbocycles. The zero-order valence-corrected chi connectivity index (χ0v) is 9.29. The Kier molecular flexibility index (Phi) is 2.76. The number of rotatable bonds is 1. The van der Waals surface area contributed by atoms with Crippen LogP contribution < -0.4 is 5.32 Å². The van der Waals surface area contributed by atoms with Gasteiger partial charge in [-0.15, -0.1) is 0 Å². The maximum atomic E-state index is 11.6. The van der Waals surface area contributed by atoms with E-state index in [-0.39, 0.29) is 11.8 Å². The number of piperidine rings is 1. The van der Waals surface area contributed by atoms with E-state index in [1.807, 2.05) is 6.92 Å². The summed E-state index contributed by atoms with van der Waals surface area (Å²) in [5, 5.41) is 2.91. The molecule has 1 saturated heterocycles. The predicted octanol–water partition coefficient (Wildman–Crippen LogP) is 2.23. The molecule has 0 saturated carbocycles. The Hall–Kier alpha value is -1.31. The molecule has 2 unspecified atom stereocenters. The average Bonchev–Trinajstić information content (AvgIpc) is 2.22. The van der Waals surface area contributed by atoms with E-state index in [9.17, 15) is 4.79 Å². The summed E-state index contributed by atoms with van der Waals surface area (Å²) in [5.74, 6) is 0.673. The summed E-state index contributed by atoms with van der Waals surface area (Å²) in [6.07, 6.45) is 1.05. The molecule has 2 rings (SSSR count). The monoisotopic (exact) mass is 203 g/mol. The summed E-state index contributed by atoms with van der Waals surface area (Å²) in [5.41, 5.74) is 2.57. The van der Waals surface area contributed by atoms with Crippen molar-refractivity contribution < 1.29 is 4.79 Å². The second-order valence-electron chi connectivity index (χ2n) is 4.39. The third kappa shape index (κ3) is 2.04. The molecule has 15 heavy (non-hydrogen) atoms. The smallest absolute Gasteiger partial charge is 0.223 e. The Morgan fingerprint density at radius 3 is 2.93 bits per heavy atom. The van der Waals surface area contributed by atoms with Gasteiger partial charge in [-0.2, -0.15) is 0 Å². The first-order chi connectivity index (χ1) is 7.18. The number of hydrogen-bond acceptors (Lipinski definition) is 1. The highest BCUT2D eigenvalue weighted by molar-refractivity contribution is 5.80. The van der Waals surface area contributed by atoms with E-state index >= 15 is 0 Å². The van der Waals surface area contributed by atoms with E-state index < -0.39 is 0 Å². The highest BCUT2D eigenvalue weighted by atomic mass is 16.1. The fourth-order valence-corrected chi connectivity index (χ4v) is 2.30. The van der Waals surface area contributed by atoms with E-state index in [0.717, 1.165) is 13.0 Å². The van der Waals surface area contributed by atoms with Gasteiger partial charge in [0.1, 0.15) is 0 Å². The molecule has 0 aromatic heterocycles. The zero-order chi connectivity index (χ0) is 10.8. The molecule has 80 valence electrons. The molecule has 0 spiro atoms. The fourth-order valence-electron chi connectivity index (χ4n) is 2.30. The van der Waals surface area contributed by atoms with Gasteiger partial charge in [0, 0.05) is 12.5 Å². The normalized spacial score (nSPS) is 26.1. The van der Waals surface area contributed by atoms with E-state index in [1.165, 1.54) is 11.1 Å². The van der Waals surface area contributed by atoms with Crippen LogP contribution in [0, 0.1) is 12.8 Å². The van der Waals surface area contributed by atoms with Crippen LogP contribution in [-0.4, -0.2) is 12.5 Å². The molecular formula is C13H17NO. The Morgan fingerprint density at radius 1 is 1.40 bits per heavy atom. The van der Waals surface area contributed by atoms with Crippen molar-refractivity contribution in [2.45, 2.75) is 26.2 Å². The van der Waals surface area contributed by atoms with Crippen LogP contribution in [0.5, 0.6) is 0 Å². The molecule has 1 aliphatic rings. The van der Waals surface area contributed by atoms with Crippen molar-refractivity contribution >= 4 is 5.91 Å². The van der Waals surface area contributed by atoms with E-state index in [1.54, 1.807) is 0 Å². The third-order valence-electron chi connectivity index (χ3n) is 3.24. The van der Waals surface area contributed by atoms with Crippen LogP contribution in [0.4, 0.5) is 0 Å². The summed E-state index contributed by atoms with van der Waals surface area (Å²) in [4.78, 5) is 11.6. The maximum Gasteiger partial charge on any atom is 0.223 e. The van der Waals surface area contributed by atoms with Gasteiger partial charge in [0.25, 0.3) is 0 Å². The predicted molar refractivity (Wildman–Crippen MR) is 60.7 cm³/mol. The van der Waals surface area contributed by atoms with Gasteiger partial charge in [-0.25, -0.2) is 0 Å². The number of nitrogens with one attached hydrogen (secondary N) is 1. The van der Waals surface area contributed by atoms with Crippen molar-refractivity contribution in [2.24, 2.45) is 5.92 Å². The minimum absolute atomic E-state index is 0.0977. The van der Waals surface area contributed by atoms with E-state index in [0.29, 0.717) is 5.92 Å². The molecule has 0 radical (unpaired) electrons. The molecule has 1 aromatic rings. The summed E-state index contributed by atoms with van der Waals surface area (Å²) in [6, 6.07) is 8.49. The molecule has 2 heteroatoms. The molecule has 1 aromatic carbocycles. The molecule has 2 atom stereocenters. The average molecular weight is 203 g/mol. The molecular weight excluding hydrogens is 186 g/mol. The van der Waals surface area contributed by atoms with Gasteiger partial charge >= 0.3 is 0 Å². The Morgan fingerprint density at radius 2 is 2.20 bits per heavy atom. The molecule has 1 amide bonds. The lowest BCUT2D eigenvalue weighted by atomic mass is 9.81. The summed E-state index contributed by atoms with van der Waals surface area (Å²) >= 11 is 0. The van der Waals surface area contributed by atoms with Crippen molar-refractivity contribution in [1.29, 1.82) is 0 Å². The van der Waals surface area contributed by atoms with Crippen LogP contribution in [0.25, 0.3) is 0 Å². The Labute approximate surface area is 90.7 Å². The largest absolute Gasteiger partial charge is 0.356 e. The van der Waals surface area contributed by atoms with Crippen molar-refractivity contribution in [3.63, 3.8) is 0 Å². The lowest BCUT2D eigenvalue weighted by Gasteiger charge is -2.29. The lowest BCUT2D eigenvalue weighted by molar-refractivity contribution is -0.126. The molecule has 1 aliphatic heterocycles. The Bertz CT molecular complexity index is 373. The summed E-state index contributed by atoms with van der Waals surface area (Å²) in [6.45, 7) is 4.92. The minimum atomic E-state index is 0.0977. The van der Waals surface area contributed by atoms with Crippen molar-refractivity contribution in [3.8, 4) is 0 Å². The van der Waals surface area contributed by atoms with E-state index in [4.69, 9.17) is 0 Å². The first-order valence-corrected chi connectivity index (χ1v) is 5.53. The molecule has 1 fully saturated rings. The number of benzene rings is 1. The fraction of sp³-hybridized carbons (Fsp3) is 0.462. The topological polar surface area (TPSA) is 29.1 Å². The maximum absolute atomic E-state index is 11.6. The first-order valence-electron chi connectivity index (χ1n) is 5.53. The van der Waals surface area contributed by atoms with Gasteiger partial charge < -0.3 is 5.32 Å². The van der Waals surface area contributed by atoms with Crippen LogP contribution in [-0.2, 0) is 4.79 Å². The first kappa shape index (κ1) is 10.2. The second kappa shape index (κ2) is 4.05. The van der Waals surface area contributed by atoms with Crippen LogP contribution in [0.15, 0.2) is 24.3 Å². The van der Waals surface area contributed by atoms with Crippen molar-refractivity contribution in [1.82, 2.24) is 5.32 Å². The molecule has 1 heterocycles. The van der Waals surface area contributed by atoms with Crippen LogP contribution in [0.2, 0.25) is 0 Å². The van der Waals surface area contributed by atoms with Gasteiger partial charge in [-0.1, -0.05) is 36.8 Å². The van der Waals surface area contributed by atoms with Crippen LogP contribution in [0.3, 0.4) is 0 Å². The third-order valence-corrected chi connectivity index (χ3v) is 3.24. The summed E-state index contributed by atoms with van der Waals surface area (Å²) < 4.78 is 0. The highest BCUT2D eigenvalue weighted by Gasteiger charge is 2.28. The van der Waals surface area contributed by atoms with Gasteiger partial charge in [-0.3, -0.25) is 4.79 Å². The van der Waals surface area contributed by atoms with E-state index in [2.05, 4.69) is 36.5 Å². The quantitative estimate of drug-likeness (QED) is 0.745. The SMILES string of the molecule is Cc1cccc(C2CCNC(=O)C2C)c1. The number of aryl methyl sites for hydroxylation is 1. The molecule has 2 nitrogen and oxygen atoms in total. The number of hydrogen-bond donors (Lipinski definition) is 1. The van der Waals surface area contributed by atoms with Gasteiger partial charge in [0.05, 0.1) is 0 Å². The van der Waals surface area contributed by atoms with Crippen LogP contribution in [0.1, 0.15) is 30.4 Å². The van der Waals surface area contributed by atoms with Crippen LogP contribution >= 0.6 is 0 Å². The Balaban J connectivity index is 2.26.